The summed E-state index contributed by atoms with van der Waals surface area (Å²) in [5, 5.41) is 9.19. The lowest BCUT2D eigenvalue weighted by molar-refractivity contribution is -0.0318. The first-order valence-corrected chi connectivity index (χ1v) is 6.95. The highest BCUT2D eigenvalue weighted by Crippen LogP contribution is 2.41. The van der Waals surface area contributed by atoms with E-state index in [-0.39, 0.29) is 12.0 Å². The van der Waals surface area contributed by atoms with Crippen LogP contribution in [0.25, 0.3) is 0 Å². The summed E-state index contributed by atoms with van der Waals surface area (Å²) in [6, 6.07) is 9.43. The van der Waals surface area contributed by atoms with Crippen LogP contribution in [-0.4, -0.2) is 24.5 Å². The van der Waals surface area contributed by atoms with Crippen LogP contribution in [0.2, 0.25) is 0 Å². The monoisotopic (exact) mass is 288 g/mol. The summed E-state index contributed by atoms with van der Waals surface area (Å²) in [7, 11) is 1.65. The van der Waals surface area contributed by atoms with Crippen LogP contribution in [0.15, 0.2) is 54.6 Å². The van der Waals surface area contributed by atoms with Gasteiger partial charge in [-0.3, -0.25) is 0 Å². The largest absolute Gasteiger partial charge is 0.507 e. The van der Waals surface area contributed by atoms with E-state index in [1.54, 1.807) is 7.11 Å². The van der Waals surface area contributed by atoms with E-state index in [2.05, 4.69) is 0 Å². The van der Waals surface area contributed by atoms with E-state index in [0.29, 0.717) is 6.42 Å². The second-order valence-electron chi connectivity index (χ2n) is 5.16. The molecule has 1 aliphatic rings. The van der Waals surface area contributed by atoms with Gasteiger partial charge >= 0.3 is 6.16 Å². The van der Waals surface area contributed by atoms with Gasteiger partial charge in [0.1, 0.15) is 0 Å². The first kappa shape index (κ1) is 15.3. The van der Waals surface area contributed by atoms with Gasteiger partial charge in [-0.2, -0.15) is 0 Å². The maximum absolute atomic E-state index is 11.2. The Balaban J connectivity index is 2.43. The molecular formula is C17H20O4. The van der Waals surface area contributed by atoms with E-state index < -0.39 is 11.8 Å². The van der Waals surface area contributed by atoms with E-state index in [9.17, 15) is 9.90 Å². The molecule has 0 saturated heterocycles. The Kier molecular flexibility index (Phi) is 4.81. The van der Waals surface area contributed by atoms with Crippen molar-refractivity contribution in [3.05, 3.63) is 60.2 Å². The maximum Gasteiger partial charge on any atom is 0.507 e. The summed E-state index contributed by atoms with van der Waals surface area (Å²) in [6.07, 6.45) is 6.91. The lowest BCUT2D eigenvalue weighted by Gasteiger charge is -2.38. The van der Waals surface area contributed by atoms with Crippen LogP contribution in [0.1, 0.15) is 18.9 Å². The zero-order chi connectivity index (χ0) is 15.3. The van der Waals surface area contributed by atoms with Crippen molar-refractivity contribution in [2.45, 2.75) is 25.0 Å². The van der Waals surface area contributed by atoms with Gasteiger partial charge in [-0.1, -0.05) is 48.6 Å². The second kappa shape index (κ2) is 6.59. The molecule has 21 heavy (non-hydrogen) atoms. The smallest absolute Gasteiger partial charge is 0.450 e. The Bertz CT molecular complexity index is 535. The molecule has 0 spiro atoms. The van der Waals surface area contributed by atoms with Crippen molar-refractivity contribution in [1.82, 2.24) is 0 Å². The van der Waals surface area contributed by atoms with Crippen LogP contribution in [0, 0.1) is 5.92 Å². The number of carboxylic acid groups (broad SMARTS) is 1. The molecule has 1 N–H and O–H groups in total. The minimum absolute atomic E-state index is 0.00614. The predicted octanol–water partition coefficient (Wildman–Crippen LogP) is 3.74. The third-order valence-corrected chi connectivity index (χ3v) is 3.82. The molecule has 0 aliphatic heterocycles. The van der Waals surface area contributed by atoms with Crippen LogP contribution in [-0.2, 0) is 15.1 Å². The van der Waals surface area contributed by atoms with Gasteiger partial charge in [-0.15, -0.1) is 0 Å². The highest BCUT2D eigenvalue weighted by molar-refractivity contribution is 5.59. The molecule has 4 heteroatoms. The van der Waals surface area contributed by atoms with Crippen LogP contribution >= 0.6 is 0 Å². The van der Waals surface area contributed by atoms with Crippen molar-refractivity contribution in [3.63, 3.8) is 0 Å². The fourth-order valence-corrected chi connectivity index (χ4v) is 2.69. The van der Waals surface area contributed by atoms with Gasteiger partial charge in [0.2, 0.25) is 0 Å². The van der Waals surface area contributed by atoms with Crippen LogP contribution < -0.4 is 0 Å². The molecule has 1 aromatic carbocycles. The van der Waals surface area contributed by atoms with Crippen molar-refractivity contribution in [2.24, 2.45) is 5.92 Å². The Hall–Kier alpha value is -2.07. The molecule has 2 rings (SSSR count). The average molecular weight is 288 g/mol. The third-order valence-electron chi connectivity index (χ3n) is 3.82. The first-order chi connectivity index (χ1) is 10.1. The highest BCUT2D eigenvalue weighted by atomic mass is 16.7. The normalized spacial score (nSPS) is 25.5. The molecule has 1 aromatic rings. The molecule has 0 heterocycles. The lowest BCUT2D eigenvalue weighted by Crippen LogP contribution is -2.39. The summed E-state index contributed by atoms with van der Waals surface area (Å²) < 4.78 is 10.7. The SMILES string of the molecule is COC(C)CC1C=CC=CC1(OC(=O)O)c1ccccc1. The fourth-order valence-electron chi connectivity index (χ4n) is 2.69. The van der Waals surface area contributed by atoms with E-state index >= 15 is 0 Å². The Labute approximate surface area is 124 Å². The van der Waals surface area contributed by atoms with Gasteiger partial charge in [0.05, 0.1) is 6.10 Å². The van der Waals surface area contributed by atoms with Gasteiger partial charge in [0, 0.05) is 18.6 Å². The van der Waals surface area contributed by atoms with E-state index in [4.69, 9.17) is 9.47 Å². The van der Waals surface area contributed by atoms with E-state index in [0.717, 1.165) is 5.56 Å². The molecule has 3 unspecified atom stereocenters. The number of rotatable bonds is 5. The summed E-state index contributed by atoms with van der Waals surface area (Å²) in [5.74, 6) is -0.115. The van der Waals surface area contributed by atoms with Crippen molar-refractivity contribution in [1.29, 1.82) is 0 Å². The molecule has 0 radical (unpaired) electrons. The minimum atomic E-state index is -1.28. The topological polar surface area (TPSA) is 55.8 Å². The number of carbonyl (C=O) groups is 1. The summed E-state index contributed by atoms with van der Waals surface area (Å²) in [4.78, 5) is 11.2. The van der Waals surface area contributed by atoms with Crippen LogP contribution in [0.4, 0.5) is 4.79 Å². The van der Waals surface area contributed by atoms with Gasteiger partial charge in [-0.25, -0.2) is 4.79 Å². The molecule has 0 fully saturated rings. The van der Waals surface area contributed by atoms with E-state index in [1.807, 2.05) is 61.6 Å². The first-order valence-electron chi connectivity index (χ1n) is 6.95. The predicted molar refractivity (Wildman–Crippen MR) is 80.1 cm³/mol. The molecule has 0 saturated carbocycles. The molecule has 0 bridgehead atoms. The van der Waals surface area contributed by atoms with Gasteiger partial charge in [0.15, 0.2) is 5.60 Å². The molecule has 112 valence electrons. The van der Waals surface area contributed by atoms with Crippen LogP contribution in [0.5, 0.6) is 0 Å². The summed E-state index contributed by atoms with van der Waals surface area (Å²) in [6.45, 7) is 1.96. The third kappa shape index (κ3) is 3.34. The second-order valence-corrected chi connectivity index (χ2v) is 5.16. The molecular weight excluding hydrogens is 268 g/mol. The number of allylic oxidation sites excluding steroid dienone is 2. The van der Waals surface area contributed by atoms with Crippen molar-refractivity contribution >= 4 is 6.16 Å². The zero-order valence-electron chi connectivity index (χ0n) is 12.2. The number of benzene rings is 1. The molecule has 1 aliphatic carbocycles. The van der Waals surface area contributed by atoms with Crippen LogP contribution in [0.3, 0.4) is 0 Å². The Morgan fingerprint density at radius 1 is 1.33 bits per heavy atom. The number of hydrogen-bond acceptors (Lipinski definition) is 3. The van der Waals surface area contributed by atoms with Gasteiger partial charge in [0.25, 0.3) is 0 Å². The fraction of sp³-hybridized carbons (Fsp3) is 0.353. The zero-order valence-corrected chi connectivity index (χ0v) is 12.2. The number of methoxy groups -OCH3 is 1. The van der Waals surface area contributed by atoms with E-state index in [1.165, 1.54) is 0 Å². The Morgan fingerprint density at radius 2 is 2.05 bits per heavy atom. The number of ether oxygens (including phenoxy) is 2. The quantitative estimate of drug-likeness (QED) is 0.838. The highest BCUT2D eigenvalue weighted by Gasteiger charge is 2.42. The van der Waals surface area contributed by atoms with Gasteiger partial charge in [-0.05, 0) is 19.4 Å². The van der Waals surface area contributed by atoms with Crippen molar-refractivity contribution < 1.29 is 19.4 Å². The maximum atomic E-state index is 11.2. The molecule has 3 atom stereocenters. The molecule has 4 nitrogen and oxygen atoms in total. The Morgan fingerprint density at radius 3 is 2.67 bits per heavy atom. The van der Waals surface area contributed by atoms with Crippen molar-refractivity contribution in [2.75, 3.05) is 7.11 Å². The average Bonchev–Trinajstić information content (AvgIpc) is 2.49. The summed E-state index contributed by atoms with van der Waals surface area (Å²) in [5.41, 5.74) is -0.185. The lowest BCUT2D eigenvalue weighted by atomic mass is 9.75. The standard InChI is InChI=1S/C17H20O4/c1-13(20-2)12-15-10-6-7-11-17(15,21-16(18)19)14-8-4-3-5-9-14/h3-11,13,15H,12H2,1-2H3,(H,18,19). The minimum Gasteiger partial charge on any atom is -0.450 e. The molecule has 0 amide bonds. The molecule has 0 aromatic heterocycles. The van der Waals surface area contributed by atoms with Crippen molar-refractivity contribution in [3.8, 4) is 0 Å². The summed E-state index contributed by atoms with van der Waals surface area (Å²) >= 11 is 0. The van der Waals surface area contributed by atoms with Gasteiger partial charge < -0.3 is 14.6 Å². The number of hydrogen-bond donors (Lipinski definition) is 1.